The van der Waals surface area contributed by atoms with Crippen LogP contribution in [0.25, 0.3) is 11.1 Å². The van der Waals surface area contributed by atoms with Gasteiger partial charge in [-0.15, -0.1) is 0 Å². The first-order chi connectivity index (χ1) is 10.7. The second-order valence-corrected chi connectivity index (χ2v) is 5.35. The molecule has 2 aromatic carbocycles. The van der Waals surface area contributed by atoms with Crippen LogP contribution < -0.4 is 0 Å². The van der Waals surface area contributed by atoms with E-state index in [0.717, 1.165) is 0 Å². The van der Waals surface area contributed by atoms with E-state index in [0.29, 0.717) is 6.29 Å². The zero-order valence-corrected chi connectivity index (χ0v) is 12.4. The van der Waals surface area contributed by atoms with Crippen molar-refractivity contribution in [1.82, 2.24) is 4.90 Å². The van der Waals surface area contributed by atoms with Gasteiger partial charge in [-0.25, -0.2) is 4.79 Å². The molecular formula is C18H17NO3. The van der Waals surface area contributed by atoms with Gasteiger partial charge in [0.25, 0.3) is 0 Å². The Bertz CT molecular complexity index is 665. The third-order valence-corrected chi connectivity index (χ3v) is 4.00. The van der Waals surface area contributed by atoms with E-state index >= 15 is 0 Å². The minimum absolute atomic E-state index is 0.0384. The lowest BCUT2D eigenvalue weighted by molar-refractivity contribution is -0.108. The molecular weight excluding hydrogens is 278 g/mol. The molecule has 4 heteroatoms. The highest BCUT2D eigenvalue weighted by molar-refractivity contribution is 5.79. The van der Waals surface area contributed by atoms with E-state index in [1.807, 2.05) is 24.3 Å². The number of carbonyl (C=O) groups is 2. The Balaban J connectivity index is 1.82. The van der Waals surface area contributed by atoms with Gasteiger partial charge in [-0.1, -0.05) is 48.5 Å². The number of rotatable bonds is 4. The zero-order valence-electron chi connectivity index (χ0n) is 12.4. The Kier molecular flexibility index (Phi) is 3.92. The Morgan fingerprint density at radius 3 is 2.18 bits per heavy atom. The topological polar surface area (TPSA) is 46.6 Å². The number of hydrogen-bond acceptors (Lipinski definition) is 3. The second kappa shape index (κ2) is 6.02. The SMILES string of the molecule is CN(CC=O)C(=O)OCC1c2ccccc2-c2ccccc21. The molecule has 1 aliphatic rings. The molecule has 0 saturated heterocycles. The lowest BCUT2D eigenvalue weighted by Crippen LogP contribution is -2.30. The van der Waals surface area contributed by atoms with Crippen molar-refractivity contribution in [2.24, 2.45) is 0 Å². The van der Waals surface area contributed by atoms with Crippen molar-refractivity contribution in [3.05, 3.63) is 59.7 Å². The van der Waals surface area contributed by atoms with Crippen LogP contribution in [0, 0.1) is 0 Å². The number of nitrogens with zero attached hydrogens (tertiary/aromatic N) is 1. The minimum atomic E-state index is -0.478. The maximum absolute atomic E-state index is 11.9. The fraction of sp³-hybridized carbons (Fsp3) is 0.222. The van der Waals surface area contributed by atoms with Crippen molar-refractivity contribution in [3.63, 3.8) is 0 Å². The van der Waals surface area contributed by atoms with E-state index < -0.39 is 6.09 Å². The zero-order chi connectivity index (χ0) is 15.5. The van der Waals surface area contributed by atoms with Gasteiger partial charge in [0.1, 0.15) is 12.9 Å². The summed E-state index contributed by atoms with van der Waals surface area (Å²) < 4.78 is 5.38. The van der Waals surface area contributed by atoms with Gasteiger partial charge in [0, 0.05) is 13.0 Å². The van der Waals surface area contributed by atoms with Crippen molar-refractivity contribution in [2.75, 3.05) is 20.2 Å². The van der Waals surface area contributed by atoms with Crippen LogP contribution in [0.1, 0.15) is 17.0 Å². The van der Waals surface area contributed by atoms with Gasteiger partial charge in [0.2, 0.25) is 0 Å². The van der Waals surface area contributed by atoms with Crippen molar-refractivity contribution in [2.45, 2.75) is 5.92 Å². The summed E-state index contributed by atoms with van der Waals surface area (Å²) >= 11 is 0. The summed E-state index contributed by atoms with van der Waals surface area (Å²) in [7, 11) is 1.55. The van der Waals surface area contributed by atoms with Crippen LogP contribution in [-0.2, 0) is 9.53 Å². The molecule has 0 spiro atoms. The van der Waals surface area contributed by atoms with Crippen LogP contribution in [-0.4, -0.2) is 37.5 Å². The van der Waals surface area contributed by atoms with E-state index in [4.69, 9.17) is 4.74 Å². The summed E-state index contributed by atoms with van der Waals surface area (Å²) in [6.07, 6.45) is 0.204. The third kappa shape index (κ3) is 2.48. The monoisotopic (exact) mass is 295 g/mol. The van der Waals surface area contributed by atoms with Gasteiger partial charge in [0.15, 0.2) is 0 Å². The number of hydrogen-bond donors (Lipinski definition) is 0. The highest BCUT2D eigenvalue weighted by Gasteiger charge is 2.29. The summed E-state index contributed by atoms with van der Waals surface area (Å²) in [6, 6.07) is 16.4. The first kappa shape index (κ1) is 14.3. The summed E-state index contributed by atoms with van der Waals surface area (Å²) in [5.74, 6) is 0.0426. The lowest BCUT2D eigenvalue weighted by atomic mass is 9.98. The Morgan fingerprint density at radius 1 is 1.09 bits per heavy atom. The normalized spacial score (nSPS) is 12.4. The van der Waals surface area contributed by atoms with Gasteiger partial charge >= 0.3 is 6.09 Å². The molecule has 0 radical (unpaired) electrons. The predicted octanol–water partition coefficient (Wildman–Crippen LogP) is 3.07. The lowest BCUT2D eigenvalue weighted by Gasteiger charge is -2.18. The number of amides is 1. The van der Waals surface area contributed by atoms with E-state index in [2.05, 4.69) is 24.3 Å². The molecule has 0 bridgehead atoms. The number of carbonyl (C=O) groups excluding carboxylic acids is 2. The standard InChI is InChI=1S/C18H17NO3/c1-19(10-11-20)18(21)22-12-17-15-8-4-2-6-13(15)14-7-3-5-9-16(14)17/h2-9,11,17H,10,12H2,1H3. The average molecular weight is 295 g/mol. The van der Waals surface area contributed by atoms with Crippen LogP contribution >= 0.6 is 0 Å². The molecule has 0 aromatic heterocycles. The maximum atomic E-state index is 11.9. The maximum Gasteiger partial charge on any atom is 0.409 e. The summed E-state index contributed by atoms with van der Waals surface area (Å²) in [6.45, 7) is 0.312. The quantitative estimate of drug-likeness (QED) is 0.814. The van der Waals surface area contributed by atoms with Crippen molar-refractivity contribution in [1.29, 1.82) is 0 Å². The fourth-order valence-corrected chi connectivity index (χ4v) is 2.89. The van der Waals surface area contributed by atoms with Gasteiger partial charge in [-0.2, -0.15) is 0 Å². The molecule has 0 unspecified atom stereocenters. The van der Waals surface area contributed by atoms with E-state index in [-0.39, 0.29) is 19.1 Å². The smallest absolute Gasteiger partial charge is 0.409 e. The molecule has 0 saturated carbocycles. The Hall–Kier alpha value is -2.62. The molecule has 3 rings (SSSR count). The average Bonchev–Trinajstić information content (AvgIpc) is 2.87. The third-order valence-electron chi connectivity index (χ3n) is 4.00. The minimum Gasteiger partial charge on any atom is -0.448 e. The van der Waals surface area contributed by atoms with E-state index in [1.54, 1.807) is 7.05 Å². The summed E-state index contributed by atoms with van der Waals surface area (Å²) in [4.78, 5) is 23.6. The molecule has 0 atom stereocenters. The molecule has 0 N–H and O–H groups in total. The number of benzene rings is 2. The second-order valence-electron chi connectivity index (χ2n) is 5.35. The molecule has 1 amide bonds. The first-order valence-corrected chi connectivity index (χ1v) is 7.22. The summed E-state index contributed by atoms with van der Waals surface area (Å²) in [5, 5.41) is 0. The van der Waals surface area contributed by atoms with Crippen LogP contribution in [0.15, 0.2) is 48.5 Å². The van der Waals surface area contributed by atoms with Crippen LogP contribution in [0.3, 0.4) is 0 Å². The number of aldehydes is 1. The highest BCUT2D eigenvalue weighted by atomic mass is 16.6. The summed E-state index contributed by atoms with van der Waals surface area (Å²) in [5.41, 5.74) is 4.74. The predicted molar refractivity (Wildman–Crippen MR) is 83.8 cm³/mol. The van der Waals surface area contributed by atoms with Gasteiger partial charge < -0.3 is 14.4 Å². The molecule has 2 aromatic rings. The Labute approximate surface area is 129 Å². The van der Waals surface area contributed by atoms with Gasteiger partial charge in [0.05, 0.1) is 6.54 Å². The Morgan fingerprint density at radius 2 is 1.64 bits per heavy atom. The molecule has 0 aliphatic heterocycles. The highest BCUT2D eigenvalue weighted by Crippen LogP contribution is 2.44. The number of likely N-dealkylation sites (N-methyl/N-ethyl adjacent to an activating group) is 1. The molecule has 0 heterocycles. The van der Waals surface area contributed by atoms with Crippen LogP contribution in [0.4, 0.5) is 4.79 Å². The van der Waals surface area contributed by atoms with Crippen LogP contribution in [0.2, 0.25) is 0 Å². The van der Waals surface area contributed by atoms with Crippen LogP contribution in [0.5, 0.6) is 0 Å². The van der Waals surface area contributed by atoms with Crippen molar-refractivity contribution in [3.8, 4) is 11.1 Å². The van der Waals surface area contributed by atoms with Gasteiger partial charge in [-0.05, 0) is 22.3 Å². The fourth-order valence-electron chi connectivity index (χ4n) is 2.89. The van der Waals surface area contributed by atoms with E-state index in [9.17, 15) is 9.59 Å². The molecule has 22 heavy (non-hydrogen) atoms. The largest absolute Gasteiger partial charge is 0.448 e. The van der Waals surface area contributed by atoms with Gasteiger partial charge in [-0.3, -0.25) is 0 Å². The first-order valence-electron chi connectivity index (χ1n) is 7.22. The number of ether oxygens (including phenoxy) is 1. The van der Waals surface area contributed by atoms with Crippen molar-refractivity contribution < 1.29 is 14.3 Å². The number of fused-ring (bicyclic) bond motifs is 3. The van der Waals surface area contributed by atoms with E-state index in [1.165, 1.54) is 27.2 Å². The molecule has 0 fully saturated rings. The molecule has 112 valence electrons. The molecule has 1 aliphatic carbocycles. The molecule has 4 nitrogen and oxygen atoms in total. The van der Waals surface area contributed by atoms with Crippen molar-refractivity contribution >= 4 is 12.4 Å².